The molecular formula is C20H13N2OP. The molecule has 0 N–H and O–H groups in total. The summed E-state index contributed by atoms with van der Waals surface area (Å²) in [6.07, 6.45) is 0. The Bertz CT molecular complexity index is 918. The summed E-state index contributed by atoms with van der Waals surface area (Å²) in [7, 11) is -3.04. The maximum Gasteiger partial charge on any atom is 0.187 e. The summed E-state index contributed by atoms with van der Waals surface area (Å²) in [5.41, 5.74) is 1.03. The van der Waals surface area contributed by atoms with Gasteiger partial charge in [0.05, 0.1) is 13.1 Å². The Balaban J connectivity index is 2.22. The van der Waals surface area contributed by atoms with Crippen molar-refractivity contribution in [3.63, 3.8) is 0 Å². The SMILES string of the molecule is [C-]#[N+]c1ccc(P(=O)(c2ccccc2)c2ccc([N+]#[C-])cc2)cc1. The van der Waals surface area contributed by atoms with Crippen molar-refractivity contribution in [3.05, 3.63) is 102 Å². The minimum absolute atomic E-state index is 0.515. The second-order valence-corrected chi connectivity index (χ2v) is 7.97. The van der Waals surface area contributed by atoms with Gasteiger partial charge in [-0.2, -0.15) is 0 Å². The topological polar surface area (TPSA) is 25.8 Å². The molecule has 0 saturated carbocycles. The molecule has 3 aromatic rings. The lowest BCUT2D eigenvalue weighted by atomic mass is 10.3. The molecule has 0 spiro atoms. The highest BCUT2D eigenvalue weighted by atomic mass is 31.2. The second-order valence-electron chi connectivity index (χ2n) is 5.20. The Morgan fingerprint density at radius 3 is 1.33 bits per heavy atom. The zero-order valence-corrected chi connectivity index (χ0v) is 13.6. The van der Waals surface area contributed by atoms with Gasteiger partial charge in [0.25, 0.3) is 0 Å². The molecule has 0 amide bonds. The van der Waals surface area contributed by atoms with Crippen LogP contribution in [0.1, 0.15) is 0 Å². The predicted molar refractivity (Wildman–Crippen MR) is 98.4 cm³/mol. The summed E-state index contributed by atoms with van der Waals surface area (Å²) >= 11 is 0. The van der Waals surface area contributed by atoms with E-state index in [1.165, 1.54) is 0 Å². The Labute approximate surface area is 141 Å². The van der Waals surface area contributed by atoms with Gasteiger partial charge in [0.15, 0.2) is 18.5 Å². The Morgan fingerprint density at radius 1 is 0.583 bits per heavy atom. The lowest BCUT2D eigenvalue weighted by Gasteiger charge is -2.20. The molecule has 0 heterocycles. The van der Waals surface area contributed by atoms with Crippen molar-refractivity contribution in [1.29, 1.82) is 0 Å². The number of hydrogen-bond donors (Lipinski definition) is 0. The second kappa shape index (κ2) is 6.55. The number of benzene rings is 3. The molecule has 0 unspecified atom stereocenters. The standard InChI is InChI=1S/C20H13N2OP/c1-21-16-8-12-19(13-9-16)24(23,18-6-4-3-5-7-18)20-14-10-17(22-2)11-15-20/h3-15H. The minimum atomic E-state index is -3.04. The third kappa shape index (κ3) is 2.74. The first-order chi connectivity index (χ1) is 11.7. The summed E-state index contributed by atoms with van der Waals surface area (Å²) in [5, 5.41) is 2.09. The lowest BCUT2D eigenvalue weighted by Crippen LogP contribution is -2.24. The molecule has 0 radical (unpaired) electrons. The van der Waals surface area contributed by atoms with Crippen LogP contribution < -0.4 is 15.9 Å². The molecule has 0 aliphatic carbocycles. The summed E-state index contributed by atoms with van der Waals surface area (Å²) in [6.45, 7) is 14.1. The van der Waals surface area contributed by atoms with Crippen LogP contribution >= 0.6 is 7.14 Å². The minimum Gasteiger partial charge on any atom is -0.309 e. The Hall–Kier alpha value is -3.13. The molecule has 0 fully saturated rings. The first kappa shape index (κ1) is 15.8. The zero-order chi connectivity index (χ0) is 17.0. The fraction of sp³-hybridized carbons (Fsp3) is 0. The highest BCUT2D eigenvalue weighted by molar-refractivity contribution is 7.85. The number of hydrogen-bond acceptors (Lipinski definition) is 1. The van der Waals surface area contributed by atoms with Crippen LogP contribution in [0.2, 0.25) is 0 Å². The van der Waals surface area contributed by atoms with Gasteiger partial charge >= 0.3 is 0 Å². The van der Waals surface area contributed by atoms with Crippen LogP contribution in [0, 0.1) is 13.1 Å². The summed E-state index contributed by atoms with van der Waals surface area (Å²) in [5.74, 6) is 0. The van der Waals surface area contributed by atoms with Gasteiger partial charge in [-0.15, -0.1) is 0 Å². The van der Waals surface area contributed by atoms with Gasteiger partial charge < -0.3 is 4.57 Å². The first-order valence-electron chi connectivity index (χ1n) is 7.30. The molecule has 3 nitrogen and oxygen atoms in total. The van der Waals surface area contributed by atoms with E-state index < -0.39 is 7.14 Å². The van der Waals surface area contributed by atoms with E-state index in [0.717, 1.165) is 5.30 Å². The molecule has 4 heteroatoms. The highest BCUT2D eigenvalue weighted by Crippen LogP contribution is 2.42. The van der Waals surface area contributed by atoms with Crippen molar-refractivity contribution >= 4 is 34.4 Å². The highest BCUT2D eigenvalue weighted by Gasteiger charge is 2.29. The molecule has 0 atom stereocenters. The molecule has 0 bridgehead atoms. The molecule has 0 saturated heterocycles. The monoisotopic (exact) mass is 328 g/mol. The first-order valence-corrected chi connectivity index (χ1v) is 9.01. The number of nitrogens with zero attached hydrogens (tertiary/aromatic N) is 2. The molecule has 114 valence electrons. The van der Waals surface area contributed by atoms with E-state index in [-0.39, 0.29) is 0 Å². The van der Waals surface area contributed by atoms with E-state index in [4.69, 9.17) is 13.1 Å². The van der Waals surface area contributed by atoms with Gasteiger partial charge in [-0.05, 0) is 0 Å². The summed E-state index contributed by atoms with van der Waals surface area (Å²) in [4.78, 5) is 6.78. The molecule has 0 aliphatic heterocycles. The smallest absolute Gasteiger partial charge is 0.187 e. The predicted octanol–water partition coefficient (Wildman–Crippen LogP) is 4.43. The van der Waals surface area contributed by atoms with Crippen LogP contribution in [-0.4, -0.2) is 0 Å². The summed E-state index contributed by atoms with van der Waals surface area (Å²) in [6, 6.07) is 23.1. The van der Waals surface area contributed by atoms with Crippen molar-refractivity contribution in [3.8, 4) is 0 Å². The number of rotatable bonds is 3. The fourth-order valence-corrected chi connectivity index (χ4v) is 5.18. The molecule has 0 aliphatic rings. The van der Waals surface area contributed by atoms with Gasteiger partial charge in [-0.3, -0.25) is 0 Å². The van der Waals surface area contributed by atoms with Crippen molar-refractivity contribution in [2.75, 3.05) is 0 Å². The Kier molecular flexibility index (Phi) is 4.30. The van der Waals surface area contributed by atoms with E-state index >= 15 is 0 Å². The van der Waals surface area contributed by atoms with E-state index in [9.17, 15) is 4.57 Å². The third-order valence-electron chi connectivity index (χ3n) is 3.80. The normalized spacial score (nSPS) is 10.6. The molecule has 3 rings (SSSR count). The van der Waals surface area contributed by atoms with Gasteiger partial charge in [0.2, 0.25) is 0 Å². The molecule has 3 aromatic carbocycles. The zero-order valence-electron chi connectivity index (χ0n) is 12.8. The molecule has 24 heavy (non-hydrogen) atoms. The maximum atomic E-state index is 14.1. The van der Waals surface area contributed by atoms with Gasteiger partial charge in [-0.1, -0.05) is 78.9 Å². The Morgan fingerprint density at radius 2 is 0.958 bits per heavy atom. The van der Waals surface area contributed by atoms with E-state index in [1.54, 1.807) is 48.5 Å². The van der Waals surface area contributed by atoms with Crippen LogP contribution in [-0.2, 0) is 4.57 Å². The van der Waals surface area contributed by atoms with Crippen LogP contribution in [0.3, 0.4) is 0 Å². The molecular weight excluding hydrogens is 315 g/mol. The van der Waals surface area contributed by atoms with E-state index in [2.05, 4.69) is 9.69 Å². The van der Waals surface area contributed by atoms with Crippen molar-refractivity contribution in [2.45, 2.75) is 0 Å². The van der Waals surface area contributed by atoms with Crippen molar-refractivity contribution < 1.29 is 4.57 Å². The largest absolute Gasteiger partial charge is 0.309 e. The van der Waals surface area contributed by atoms with Crippen LogP contribution in [0.4, 0.5) is 11.4 Å². The van der Waals surface area contributed by atoms with Crippen LogP contribution in [0.5, 0.6) is 0 Å². The molecule has 0 aromatic heterocycles. The average Bonchev–Trinajstić information content (AvgIpc) is 2.68. The van der Waals surface area contributed by atoms with Crippen LogP contribution in [0.25, 0.3) is 9.69 Å². The third-order valence-corrected chi connectivity index (χ3v) is 6.88. The van der Waals surface area contributed by atoms with Gasteiger partial charge in [0, 0.05) is 15.9 Å². The maximum absolute atomic E-state index is 14.1. The lowest BCUT2D eigenvalue weighted by molar-refractivity contribution is 0.592. The van der Waals surface area contributed by atoms with Crippen molar-refractivity contribution in [2.24, 2.45) is 0 Å². The summed E-state index contributed by atoms with van der Waals surface area (Å²) < 4.78 is 14.1. The average molecular weight is 328 g/mol. The van der Waals surface area contributed by atoms with Gasteiger partial charge in [-0.25, -0.2) is 9.69 Å². The fourth-order valence-electron chi connectivity index (χ4n) is 2.56. The van der Waals surface area contributed by atoms with E-state index in [1.807, 2.05) is 30.3 Å². The van der Waals surface area contributed by atoms with Crippen LogP contribution in [0.15, 0.2) is 78.9 Å². The van der Waals surface area contributed by atoms with Crippen molar-refractivity contribution in [1.82, 2.24) is 0 Å². The van der Waals surface area contributed by atoms with E-state index in [0.29, 0.717) is 22.0 Å². The quantitative estimate of drug-likeness (QED) is 0.516. The van der Waals surface area contributed by atoms with Gasteiger partial charge in [0.1, 0.15) is 0 Å².